The van der Waals surface area contributed by atoms with Crippen LogP contribution in [-0.4, -0.2) is 27.7 Å². The van der Waals surface area contributed by atoms with Crippen LogP contribution in [-0.2, 0) is 12.1 Å². The highest BCUT2D eigenvalue weighted by Crippen LogP contribution is 2.55. The summed E-state index contributed by atoms with van der Waals surface area (Å²) in [4.78, 5) is 28.7. The van der Waals surface area contributed by atoms with Crippen LogP contribution in [0.5, 0.6) is 0 Å². The summed E-state index contributed by atoms with van der Waals surface area (Å²) in [7, 11) is 0. The summed E-state index contributed by atoms with van der Waals surface area (Å²) in [5.41, 5.74) is -9.62. The molecule has 3 rings (SSSR count). The van der Waals surface area contributed by atoms with Gasteiger partial charge in [0.15, 0.2) is 0 Å². The van der Waals surface area contributed by atoms with E-state index >= 15 is 0 Å². The molecular weight excluding hydrogens is 398 g/mol. The second kappa shape index (κ2) is 6.27. The molecule has 1 aliphatic rings. The number of H-pyrrole nitrogens is 1. The van der Waals surface area contributed by atoms with E-state index in [2.05, 4.69) is 10.3 Å². The van der Waals surface area contributed by atoms with Gasteiger partial charge in [-0.05, 0) is 12.1 Å². The quantitative estimate of drug-likeness (QED) is 0.762. The molecule has 28 heavy (non-hydrogen) atoms. The summed E-state index contributed by atoms with van der Waals surface area (Å²) in [5.74, 6) is -1.55. The number of nitrogens with one attached hydrogen (secondary N) is 2. The first-order valence-corrected chi connectivity index (χ1v) is 7.81. The molecule has 2 N–H and O–H groups in total. The van der Waals surface area contributed by atoms with E-state index in [4.69, 9.17) is 4.42 Å². The molecule has 152 valence electrons. The normalized spacial score (nSPS) is 16.3. The number of aromatic amines is 1. The monoisotopic (exact) mass is 410 g/mol. The number of aliphatic imine (C=N–C) groups is 1. The largest absolute Gasteiger partial charge is 0.467 e. The zero-order valence-electron chi connectivity index (χ0n) is 14.0. The number of furan rings is 1. The maximum absolute atomic E-state index is 13.8. The van der Waals surface area contributed by atoms with Crippen LogP contribution in [0.2, 0.25) is 0 Å². The van der Waals surface area contributed by atoms with E-state index in [0.29, 0.717) is 4.57 Å². The molecule has 0 aliphatic carbocycles. The first kappa shape index (κ1) is 19.8. The van der Waals surface area contributed by atoms with Gasteiger partial charge < -0.3 is 9.73 Å². The van der Waals surface area contributed by atoms with Crippen molar-refractivity contribution in [1.82, 2.24) is 9.55 Å². The third-order valence-electron chi connectivity index (χ3n) is 4.18. The number of anilines is 1. The average Bonchev–Trinajstić information content (AvgIpc) is 3.08. The van der Waals surface area contributed by atoms with Crippen molar-refractivity contribution >= 4 is 11.7 Å². The summed E-state index contributed by atoms with van der Waals surface area (Å²) in [5, 5.41) is 2.26. The summed E-state index contributed by atoms with van der Waals surface area (Å²) >= 11 is 0. The molecule has 0 radical (unpaired) electrons. The minimum Gasteiger partial charge on any atom is -0.467 e. The Kier molecular flexibility index (Phi) is 4.43. The zero-order valence-corrected chi connectivity index (χ0v) is 14.0. The lowest BCUT2D eigenvalue weighted by Crippen LogP contribution is -2.59. The van der Waals surface area contributed by atoms with E-state index in [1.807, 2.05) is 0 Å². The molecule has 3 heterocycles. The van der Waals surface area contributed by atoms with Crippen molar-refractivity contribution in [2.75, 3.05) is 5.32 Å². The second-order valence-corrected chi connectivity index (χ2v) is 5.89. The first-order chi connectivity index (χ1) is 12.9. The van der Waals surface area contributed by atoms with Crippen LogP contribution in [0.1, 0.15) is 24.7 Å². The maximum Gasteiger partial charge on any atom is 0.427 e. The van der Waals surface area contributed by atoms with E-state index in [1.54, 1.807) is 0 Å². The van der Waals surface area contributed by atoms with Crippen LogP contribution in [0.4, 0.5) is 32.2 Å². The maximum atomic E-state index is 13.8. The van der Waals surface area contributed by atoms with Crippen LogP contribution >= 0.6 is 0 Å². The number of hydrogen-bond donors (Lipinski definition) is 2. The molecule has 1 aliphatic heterocycles. The first-order valence-electron chi connectivity index (χ1n) is 7.81. The van der Waals surface area contributed by atoms with Gasteiger partial charge in [0.2, 0.25) is 0 Å². The van der Waals surface area contributed by atoms with Gasteiger partial charge >= 0.3 is 18.0 Å². The number of nitrogens with zero attached hydrogens (tertiary/aromatic N) is 2. The van der Waals surface area contributed by atoms with Crippen molar-refractivity contribution in [3.05, 3.63) is 50.6 Å². The topological polar surface area (TPSA) is 92.4 Å². The van der Waals surface area contributed by atoms with Gasteiger partial charge in [0, 0.05) is 6.42 Å². The lowest BCUT2D eigenvalue weighted by molar-refractivity contribution is -0.301. The van der Waals surface area contributed by atoms with Crippen LogP contribution < -0.4 is 16.6 Å². The third-order valence-corrected chi connectivity index (χ3v) is 4.18. The van der Waals surface area contributed by atoms with Gasteiger partial charge in [-0.3, -0.25) is 14.3 Å². The fourth-order valence-electron chi connectivity index (χ4n) is 2.91. The van der Waals surface area contributed by atoms with Gasteiger partial charge in [-0.2, -0.15) is 26.3 Å². The Morgan fingerprint density at radius 1 is 1.18 bits per heavy atom. The van der Waals surface area contributed by atoms with E-state index in [1.165, 1.54) is 30.3 Å². The Hall–Kier alpha value is -2.99. The summed E-state index contributed by atoms with van der Waals surface area (Å²) in [6, 6.07) is 2.78. The molecule has 0 amide bonds. The van der Waals surface area contributed by atoms with Crippen molar-refractivity contribution in [2.24, 2.45) is 4.99 Å². The smallest absolute Gasteiger partial charge is 0.427 e. The van der Waals surface area contributed by atoms with Gasteiger partial charge in [0.1, 0.15) is 23.0 Å². The van der Waals surface area contributed by atoms with E-state index in [0.717, 1.165) is 0 Å². The predicted octanol–water partition coefficient (Wildman–Crippen LogP) is 2.73. The summed E-state index contributed by atoms with van der Waals surface area (Å²) in [6.45, 7) is 0.761. The molecular formula is C15H12F6N4O3. The SMILES string of the molecule is CCC1=NC(C(F)(F)F)(C(F)(F)F)c2c(n(Cc3ccco3)c(=O)[nH]c2=O)N1. The van der Waals surface area contributed by atoms with Crippen molar-refractivity contribution < 1.29 is 30.8 Å². The molecule has 2 aromatic heterocycles. The van der Waals surface area contributed by atoms with Crippen molar-refractivity contribution in [3.63, 3.8) is 0 Å². The number of aromatic nitrogens is 2. The minimum absolute atomic E-state index is 0.0725. The molecule has 0 bridgehead atoms. The molecule has 0 atom stereocenters. The van der Waals surface area contributed by atoms with Crippen molar-refractivity contribution in [2.45, 2.75) is 37.8 Å². The van der Waals surface area contributed by atoms with E-state index < -0.39 is 52.9 Å². The number of amidine groups is 1. The van der Waals surface area contributed by atoms with Gasteiger partial charge in [-0.15, -0.1) is 0 Å². The molecule has 13 heteroatoms. The molecule has 7 nitrogen and oxygen atoms in total. The fraction of sp³-hybridized carbons (Fsp3) is 0.400. The second-order valence-electron chi connectivity index (χ2n) is 5.89. The van der Waals surface area contributed by atoms with Crippen LogP contribution in [0, 0.1) is 0 Å². The average molecular weight is 410 g/mol. The number of rotatable bonds is 3. The Morgan fingerprint density at radius 3 is 2.32 bits per heavy atom. The standard InChI is InChI=1S/C15H12F6N4O3/c1-2-8-22-10-9(13(24-8,14(16,17)18)15(19,20)21)11(26)23-12(27)25(10)6-7-4-3-5-28-7/h3-5H,2,6H2,1H3,(H,22,24)(H,23,26,27). The number of hydrogen-bond acceptors (Lipinski definition) is 5. The Balaban J connectivity index is 2.42. The summed E-state index contributed by atoms with van der Waals surface area (Å²) < 4.78 is 88.1. The van der Waals surface area contributed by atoms with Gasteiger partial charge in [-0.25, -0.2) is 9.79 Å². The van der Waals surface area contributed by atoms with Gasteiger partial charge in [-0.1, -0.05) is 6.92 Å². The van der Waals surface area contributed by atoms with Crippen LogP contribution in [0.15, 0.2) is 37.4 Å². The Bertz CT molecular complexity index is 1020. The highest BCUT2D eigenvalue weighted by atomic mass is 19.4. The van der Waals surface area contributed by atoms with Crippen LogP contribution in [0.3, 0.4) is 0 Å². The lowest BCUT2D eigenvalue weighted by Gasteiger charge is -2.38. The number of alkyl halides is 6. The molecule has 0 fully saturated rings. The molecule has 0 aromatic carbocycles. The number of halogens is 6. The zero-order chi connectivity index (χ0) is 20.9. The predicted molar refractivity (Wildman–Crippen MR) is 84.3 cm³/mol. The molecule has 0 unspecified atom stereocenters. The number of fused-ring (bicyclic) bond motifs is 1. The molecule has 2 aromatic rings. The van der Waals surface area contributed by atoms with Crippen molar-refractivity contribution in [1.29, 1.82) is 0 Å². The molecule has 0 saturated carbocycles. The molecule has 0 spiro atoms. The Labute approximate surface area is 151 Å². The minimum atomic E-state index is -6.00. The highest BCUT2D eigenvalue weighted by Gasteiger charge is 2.75. The van der Waals surface area contributed by atoms with Gasteiger partial charge in [0.05, 0.1) is 12.8 Å². The van der Waals surface area contributed by atoms with Crippen molar-refractivity contribution in [3.8, 4) is 0 Å². The third kappa shape index (κ3) is 2.81. The van der Waals surface area contributed by atoms with Gasteiger partial charge in [0.25, 0.3) is 11.1 Å². The fourth-order valence-corrected chi connectivity index (χ4v) is 2.91. The van der Waals surface area contributed by atoms with E-state index in [-0.39, 0.29) is 12.2 Å². The Morgan fingerprint density at radius 2 is 1.82 bits per heavy atom. The van der Waals surface area contributed by atoms with Crippen LogP contribution in [0.25, 0.3) is 0 Å². The highest BCUT2D eigenvalue weighted by molar-refractivity contribution is 5.97. The molecule has 0 saturated heterocycles. The summed E-state index contributed by atoms with van der Waals surface area (Å²) in [6.07, 6.45) is -11.1. The van der Waals surface area contributed by atoms with E-state index in [9.17, 15) is 35.9 Å². The lowest BCUT2D eigenvalue weighted by atomic mass is 9.88.